The minimum Gasteiger partial charge on any atom is -0.481 e. The van der Waals surface area contributed by atoms with E-state index in [0.717, 1.165) is 12.0 Å². The van der Waals surface area contributed by atoms with E-state index in [0.29, 0.717) is 19.4 Å². The molecule has 1 saturated carbocycles. The van der Waals surface area contributed by atoms with E-state index in [4.69, 9.17) is 5.11 Å². The molecule has 2 rings (SSSR count). The van der Waals surface area contributed by atoms with E-state index in [2.05, 4.69) is 5.32 Å². The number of carboxylic acid groups (broad SMARTS) is 1. The zero-order chi connectivity index (χ0) is 13.8. The van der Waals surface area contributed by atoms with Crippen molar-refractivity contribution in [2.45, 2.75) is 32.7 Å². The summed E-state index contributed by atoms with van der Waals surface area (Å²) in [5.41, 5.74) is 2.21. The molecule has 1 amide bonds. The number of rotatable bonds is 4. The van der Waals surface area contributed by atoms with Crippen LogP contribution in [-0.2, 0) is 16.1 Å². The van der Waals surface area contributed by atoms with E-state index in [1.54, 1.807) is 0 Å². The Morgan fingerprint density at radius 1 is 1.21 bits per heavy atom. The van der Waals surface area contributed by atoms with Crippen molar-refractivity contribution in [2.75, 3.05) is 0 Å². The van der Waals surface area contributed by atoms with Gasteiger partial charge in [0.15, 0.2) is 0 Å². The molecule has 1 aromatic carbocycles. The van der Waals surface area contributed by atoms with Gasteiger partial charge in [0, 0.05) is 6.54 Å². The van der Waals surface area contributed by atoms with Crippen LogP contribution < -0.4 is 5.32 Å². The minimum absolute atomic E-state index is 0.134. The Kier molecular flexibility index (Phi) is 4.20. The first-order valence-electron chi connectivity index (χ1n) is 6.64. The Morgan fingerprint density at radius 2 is 1.84 bits per heavy atom. The maximum absolute atomic E-state index is 12.0. The second-order valence-corrected chi connectivity index (χ2v) is 5.19. The van der Waals surface area contributed by atoms with Crippen LogP contribution in [0.5, 0.6) is 0 Å². The molecule has 19 heavy (non-hydrogen) atoms. The number of hydrogen-bond donors (Lipinski definition) is 2. The molecule has 4 nitrogen and oxygen atoms in total. The van der Waals surface area contributed by atoms with Crippen molar-refractivity contribution in [2.24, 2.45) is 11.8 Å². The van der Waals surface area contributed by atoms with Crippen molar-refractivity contribution in [3.8, 4) is 0 Å². The van der Waals surface area contributed by atoms with Crippen molar-refractivity contribution in [1.82, 2.24) is 5.32 Å². The van der Waals surface area contributed by atoms with Crippen molar-refractivity contribution in [1.29, 1.82) is 0 Å². The average molecular weight is 261 g/mol. The Morgan fingerprint density at radius 3 is 2.47 bits per heavy atom. The Balaban J connectivity index is 1.90. The van der Waals surface area contributed by atoms with E-state index < -0.39 is 11.9 Å². The lowest BCUT2D eigenvalue weighted by Crippen LogP contribution is -2.34. The van der Waals surface area contributed by atoms with Crippen molar-refractivity contribution in [3.05, 3.63) is 35.4 Å². The smallest absolute Gasteiger partial charge is 0.307 e. The van der Waals surface area contributed by atoms with Crippen LogP contribution in [0.15, 0.2) is 24.3 Å². The number of aliphatic carboxylic acids is 1. The molecule has 2 N–H and O–H groups in total. The Hall–Kier alpha value is -1.84. The van der Waals surface area contributed by atoms with E-state index in [1.165, 1.54) is 5.56 Å². The molecular weight excluding hydrogens is 242 g/mol. The lowest BCUT2D eigenvalue weighted by atomic mass is 9.95. The first-order chi connectivity index (χ1) is 9.08. The van der Waals surface area contributed by atoms with Crippen molar-refractivity contribution in [3.63, 3.8) is 0 Å². The third-order valence-electron chi connectivity index (χ3n) is 3.76. The SMILES string of the molecule is Cc1ccc(CNC(=O)C2CCCC2C(=O)O)cc1. The van der Waals surface area contributed by atoms with Gasteiger partial charge in [-0.05, 0) is 25.3 Å². The number of carbonyl (C=O) groups excluding carboxylic acids is 1. The molecule has 0 aliphatic heterocycles. The van der Waals surface area contributed by atoms with Gasteiger partial charge in [-0.15, -0.1) is 0 Å². The monoisotopic (exact) mass is 261 g/mol. The van der Waals surface area contributed by atoms with E-state index >= 15 is 0 Å². The number of carbonyl (C=O) groups is 2. The zero-order valence-electron chi connectivity index (χ0n) is 11.1. The molecule has 0 spiro atoms. The summed E-state index contributed by atoms with van der Waals surface area (Å²) < 4.78 is 0. The molecule has 4 heteroatoms. The first kappa shape index (κ1) is 13.6. The molecule has 0 heterocycles. The quantitative estimate of drug-likeness (QED) is 0.872. The molecule has 1 fully saturated rings. The summed E-state index contributed by atoms with van der Waals surface area (Å²) in [7, 11) is 0. The lowest BCUT2D eigenvalue weighted by Gasteiger charge is -2.15. The summed E-state index contributed by atoms with van der Waals surface area (Å²) in [5.74, 6) is -1.88. The van der Waals surface area contributed by atoms with Crippen LogP contribution in [-0.4, -0.2) is 17.0 Å². The number of amides is 1. The highest BCUT2D eigenvalue weighted by molar-refractivity contribution is 5.85. The molecule has 102 valence electrons. The number of nitrogens with one attached hydrogen (secondary N) is 1. The third kappa shape index (κ3) is 3.34. The normalized spacial score (nSPS) is 22.2. The van der Waals surface area contributed by atoms with Gasteiger partial charge in [0.1, 0.15) is 0 Å². The highest BCUT2D eigenvalue weighted by Crippen LogP contribution is 2.32. The van der Waals surface area contributed by atoms with Gasteiger partial charge >= 0.3 is 5.97 Å². The summed E-state index contributed by atoms with van der Waals surface area (Å²) in [5, 5.41) is 11.9. The molecule has 0 saturated heterocycles. The second kappa shape index (κ2) is 5.87. The van der Waals surface area contributed by atoms with Gasteiger partial charge in [0.2, 0.25) is 5.91 Å². The molecular formula is C15H19NO3. The highest BCUT2D eigenvalue weighted by Gasteiger charge is 2.37. The largest absolute Gasteiger partial charge is 0.481 e. The zero-order valence-corrected chi connectivity index (χ0v) is 11.1. The molecule has 1 aromatic rings. The Labute approximate surface area is 112 Å². The first-order valence-corrected chi connectivity index (χ1v) is 6.64. The fourth-order valence-corrected chi connectivity index (χ4v) is 2.60. The standard InChI is InChI=1S/C15H19NO3/c1-10-5-7-11(8-6-10)9-16-14(17)12-3-2-4-13(12)15(18)19/h5-8,12-13H,2-4,9H2,1H3,(H,16,17)(H,18,19). The summed E-state index contributed by atoms with van der Waals surface area (Å²) in [6.07, 6.45) is 2.11. The molecule has 1 aliphatic carbocycles. The second-order valence-electron chi connectivity index (χ2n) is 5.19. The summed E-state index contributed by atoms with van der Waals surface area (Å²) >= 11 is 0. The molecule has 2 unspecified atom stereocenters. The van der Waals surface area contributed by atoms with Gasteiger partial charge in [-0.1, -0.05) is 36.2 Å². The summed E-state index contributed by atoms with van der Waals surface area (Å²) in [6.45, 7) is 2.47. The highest BCUT2D eigenvalue weighted by atomic mass is 16.4. The summed E-state index contributed by atoms with van der Waals surface area (Å²) in [6, 6.07) is 7.94. The topological polar surface area (TPSA) is 66.4 Å². The predicted molar refractivity (Wildman–Crippen MR) is 71.5 cm³/mol. The van der Waals surface area contributed by atoms with E-state index in [9.17, 15) is 9.59 Å². The molecule has 2 atom stereocenters. The van der Waals surface area contributed by atoms with Crippen molar-refractivity contribution >= 4 is 11.9 Å². The van der Waals surface area contributed by atoms with Crippen LogP contribution in [0.25, 0.3) is 0 Å². The van der Waals surface area contributed by atoms with Gasteiger partial charge in [-0.3, -0.25) is 9.59 Å². The fourth-order valence-electron chi connectivity index (χ4n) is 2.60. The van der Waals surface area contributed by atoms with Gasteiger partial charge in [-0.25, -0.2) is 0 Å². The van der Waals surface area contributed by atoms with Gasteiger partial charge in [0.25, 0.3) is 0 Å². The summed E-state index contributed by atoms with van der Waals surface area (Å²) in [4.78, 5) is 23.1. The molecule has 0 bridgehead atoms. The number of carboxylic acids is 1. The average Bonchev–Trinajstić information content (AvgIpc) is 2.87. The van der Waals surface area contributed by atoms with Crippen LogP contribution in [0.2, 0.25) is 0 Å². The maximum Gasteiger partial charge on any atom is 0.307 e. The van der Waals surface area contributed by atoms with Crippen molar-refractivity contribution < 1.29 is 14.7 Å². The van der Waals surface area contributed by atoms with Crippen LogP contribution in [0.4, 0.5) is 0 Å². The predicted octanol–water partition coefficient (Wildman–Crippen LogP) is 2.11. The van der Waals surface area contributed by atoms with E-state index in [1.807, 2.05) is 31.2 Å². The minimum atomic E-state index is -0.854. The lowest BCUT2D eigenvalue weighted by molar-refractivity contribution is -0.146. The van der Waals surface area contributed by atoms with Crippen LogP contribution in [0.1, 0.15) is 30.4 Å². The van der Waals surface area contributed by atoms with Gasteiger partial charge < -0.3 is 10.4 Å². The Bertz CT molecular complexity index is 467. The van der Waals surface area contributed by atoms with Crippen LogP contribution >= 0.6 is 0 Å². The number of benzene rings is 1. The molecule has 1 aliphatic rings. The maximum atomic E-state index is 12.0. The van der Waals surface area contributed by atoms with Gasteiger partial charge in [-0.2, -0.15) is 0 Å². The number of hydrogen-bond acceptors (Lipinski definition) is 2. The number of aryl methyl sites for hydroxylation is 1. The van der Waals surface area contributed by atoms with Crippen LogP contribution in [0, 0.1) is 18.8 Å². The fraction of sp³-hybridized carbons (Fsp3) is 0.467. The van der Waals surface area contributed by atoms with E-state index in [-0.39, 0.29) is 11.8 Å². The molecule has 0 aromatic heterocycles. The third-order valence-corrected chi connectivity index (χ3v) is 3.76. The van der Waals surface area contributed by atoms with Crippen LogP contribution in [0.3, 0.4) is 0 Å². The van der Waals surface area contributed by atoms with Gasteiger partial charge in [0.05, 0.1) is 11.8 Å². The molecule has 0 radical (unpaired) electrons.